The monoisotopic (exact) mass is 281 g/mol. The highest BCUT2D eigenvalue weighted by Gasteiger charge is 2.24. The first kappa shape index (κ1) is 10.1. The summed E-state index contributed by atoms with van der Waals surface area (Å²) in [6.07, 6.45) is 2.46. The molecule has 0 spiro atoms. The maximum absolute atomic E-state index is 11.7. The summed E-state index contributed by atoms with van der Waals surface area (Å²) in [5.74, 6) is 0.429. The van der Waals surface area contributed by atoms with E-state index < -0.39 is 0 Å². The van der Waals surface area contributed by atoms with Crippen LogP contribution in [-0.4, -0.2) is 4.57 Å². The Hall–Kier alpha value is -1.03. The molecule has 1 heterocycles. The third kappa shape index (κ3) is 1.61. The van der Waals surface area contributed by atoms with Gasteiger partial charge in [-0.3, -0.25) is 4.57 Å². The Labute approximate surface area is 101 Å². The normalized spacial score (nSPS) is 15.9. The fourth-order valence-corrected chi connectivity index (χ4v) is 2.25. The van der Waals surface area contributed by atoms with E-state index in [0.29, 0.717) is 11.5 Å². The molecule has 2 aromatic rings. The van der Waals surface area contributed by atoms with Crippen molar-refractivity contribution in [3.05, 3.63) is 32.7 Å². The van der Waals surface area contributed by atoms with Crippen molar-refractivity contribution >= 4 is 27.0 Å². The number of nitrogens with zero attached hydrogens (tertiary/aromatic N) is 1. The van der Waals surface area contributed by atoms with E-state index in [-0.39, 0.29) is 5.76 Å². The fourth-order valence-electron chi connectivity index (χ4n) is 1.92. The Kier molecular flexibility index (Phi) is 2.21. The lowest BCUT2D eigenvalue weighted by Crippen LogP contribution is -2.15. The van der Waals surface area contributed by atoms with Crippen LogP contribution in [0.15, 0.2) is 25.8 Å². The zero-order valence-electron chi connectivity index (χ0n) is 9.00. The molecule has 1 aromatic heterocycles. The lowest BCUT2D eigenvalue weighted by atomic mass is 10.2. The van der Waals surface area contributed by atoms with Crippen LogP contribution in [0.3, 0.4) is 0 Å². The number of rotatable bonds is 2. The van der Waals surface area contributed by atoms with E-state index in [0.717, 1.165) is 22.1 Å². The van der Waals surface area contributed by atoms with Gasteiger partial charge in [-0.2, -0.15) is 0 Å². The van der Waals surface area contributed by atoms with E-state index >= 15 is 0 Å². The summed E-state index contributed by atoms with van der Waals surface area (Å²) < 4.78 is 8.02. The molecule has 0 radical (unpaired) electrons. The average Bonchev–Trinajstić information content (AvgIpc) is 2.99. The van der Waals surface area contributed by atoms with Crippen molar-refractivity contribution in [3.8, 4) is 0 Å². The quantitative estimate of drug-likeness (QED) is 0.848. The Morgan fingerprint density at radius 3 is 2.94 bits per heavy atom. The minimum absolute atomic E-state index is 0.237. The molecule has 1 fully saturated rings. The van der Waals surface area contributed by atoms with E-state index in [1.807, 2.05) is 19.1 Å². The number of fused-ring (bicyclic) bond motifs is 1. The summed E-state index contributed by atoms with van der Waals surface area (Å²) in [6, 6.07) is 3.88. The molecule has 1 aliphatic carbocycles. The molecule has 0 atom stereocenters. The second kappa shape index (κ2) is 3.48. The first-order valence-electron chi connectivity index (χ1n) is 5.44. The lowest BCUT2D eigenvalue weighted by Gasteiger charge is -2.01. The standard InChI is InChI=1S/C12H12BrNO2/c1-7-4-11-10(5-9(7)13)14(12(15)16-11)6-8-2-3-8/h4-5,8H,2-3,6H2,1H3. The van der Waals surface area contributed by atoms with E-state index in [4.69, 9.17) is 4.42 Å². The summed E-state index contributed by atoms with van der Waals surface area (Å²) in [6.45, 7) is 2.78. The van der Waals surface area contributed by atoms with Crippen molar-refractivity contribution in [1.82, 2.24) is 4.57 Å². The van der Waals surface area contributed by atoms with Gasteiger partial charge in [-0.15, -0.1) is 0 Å². The smallest absolute Gasteiger partial charge is 0.408 e. The zero-order valence-corrected chi connectivity index (χ0v) is 10.6. The molecule has 0 aliphatic heterocycles. The maximum Gasteiger partial charge on any atom is 0.419 e. The largest absolute Gasteiger partial charge is 0.419 e. The Morgan fingerprint density at radius 1 is 1.50 bits per heavy atom. The van der Waals surface area contributed by atoms with Crippen LogP contribution in [0, 0.1) is 12.8 Å². The topological polar surface area (TPSA) is 35.1 Å². The van der Waals surface area contributed by atoms with Gasteiger partial charge in [0, 0.05) is 11.0 Å². The fraction of sp³-hybridized carbons (Fsp3) is 0.417. The lowest BCUT2D eigenvalue weighted by molar-refractivity contribution is 0.492. The molecule has 3 rings (SSSR count). The highest BCUT2D eigenvalue weighted by molar-refractivity contribution is 9.10. The number of benzene rings is 1. The number of hydrogen-bond donors (Lipinski definition) is 0. The highest BCUT2D eigenvalue weighted by atomic mass is 79.9. The Balaban J connectivity index is 2.21. The molecule has 84 valence electrons. The third-order valence-corrected chi connectivity index (χ3v) is 3.94. The predicted molar refractivity (Wildman–Crippen MR) is 65.6 cm³/mol. The van der Waals surface area contributed by atoms with E-state index in [2.05, 4.69) is 15.9 Å². The van der Waals surface area contributed by atoms with Gasteiger partial charge < -0.3 is 4.42 Å². The van der Waals surface area contributed by atoms with Gasteiger partial charge in [-0.25, -0.2) is 4.79 Å². The van der Waals surface area contributed by atoms with E-state index in [1.54, 1.807) is 4.57 Å². The average molecular weight is 282 g/mol. The van der Waals surface area contributed by atoms with Crippen LogP contribution >= 0.6 is 15.9 Å². The predicted octanol–water partition coefficient (Wildman–Crippen LogP) is 3.08. The number of halogens is 1. The van der Waals surface area contributed by atoms with Crippen LogP contribution in [0.4, 0.5) is 0 Å². The van der Waals surface area contributed by atoms with Crippen molar-refractivity contribution in [2.75, 3.05) is 0 Å². The van der Waals surface area contributed by atoms with Crippen molar-refractivity contribution in [2.45, 2.75) is 26.3 Å². The second-order valence-electron chi connectivity index (χ2n) is 4.49. The van der Waals surface area contributed by atoms with Gasteiger partial charge in [0.1, 0.15) is 0 Å². The van der Waals surface area contributed by atoms with Crippen LogP contribution in [0.25, 0.3) is 11.1 Å². The molecule has 1 saturated carbocycles. The first-order chi connectivity index (χ1) is 7.65. The molecular weight excluding hydrogens is 270 g/mol. The number of hydrogen-bond acceptors (Lipinski definition) is 2. The van der Waals surface area contributed by atoms with Crippen LogP contribution in [0.5, 0.6) is 0 Å². The summed E-state index contributed by atoms with van der Waals surface area (Å²) in [4.78, 5) is 11.7. The van der Waals surface area contributed by atoms with Crippen molar-refractivity contribution < 1.29 is 4.42 Å². The minimum Gasteiger partial charge on any atom is -0.408 e. The van der Waals surface area contributed by atoms with Crippen molar-refractivity contribution in [2.24, 2.45) is 5.92 Å². The van der Waals surface area contributed by atoms with Gasteiger partial charge >= 0.3 is 5.76 Å². The Bertz CT molecular complexity index is 607. The maximum atomic E-state index is 11.7. The van der Waals surface area contributed by atoms with Gasteiger partial charge in [0.2, 0.25) is 0 Å². The molecule has 0 N–H and O–H groups in total. The van der Waals surface area contributed by atoms with Gasteiger partial charge in [0.05, 0.1) is 5.52 Å². The molecule has 3 nitrogen and oxygen atoms in total. The molecule has 0 bridgehead atoms. The minimum atomic E-state index is -0.237. The highest BCUT2D eigenvalue weighted by Crippen LogP contribution is 2.32. The summed E-state index contributed by atoms with van der Waals surface area (Å²) >= 11 is 3.48. The molecule has 1 aliphatic rings. The molecule has 0 amide bonds. The molecular formula is C12H12BrNO2. The molecule has 4 heteroatoms. The first-order valence-corrected chi connectivity index (χ1v) is 6.24. The van der Waals surface area contributed by atoms with Gasteiger partial charge in [0.25, 0.3) is 0 Å². The summed E-state index contributed by atoms with van der Waals surface area (Å²) in [5.41, 5.74) is 2.67. The van der Waals surface area contributed by atoms with Gasteiger partial charge in [-0.1, -0.05) is 15.9 Å². The zero-order chi connectivity index (χ0) is 11.3. The van der Waals surface area contributed by atoms with E-state index in [1.165, 1.54) is 12.8 Å². The van der Waals surface area contributed by atoms with Crippen molar-refractivity contribution in [1.29, 1.82) is 0 Å². The van der Waals surface area contributed by atoms with Gasteiger partial charge in [0.15, 0.2) is 5.58 Å². The number of aryl methyl sites for hydroxylation is 1. The van der Waals surface area contributed by atoms with Crippen LogP contribution in [-0.2, 0) is 6.54 Å². The molecule has 0 saturated heterocycles. The van der Waals surface area contributed by atoms with Crippen molar-refractivity contribution in [3.63, 3.8) is 0 Å². The second-order valence-corrected chi connectivity index (χ2v) is 5.35. The molecule has 0 unspecified atom stereocenters. The summed E-state index contributed by atoms with van der Waals surface area (Å²) in [5, 5.41) is 0. The number of oxazole rings is 1. The third-order valence-electron chi connectivity index (χ3n) is 3.09. The number of aromatic nitrogens is 1. The summed E-state index contributed by atoms with van der Waals surface area (Å²) in [7, 11) is 0. The van der Waals surface area contributed by atoms with Crippen LogP contribution < -0.4 is 5.76 Å². The SMILES string of the molecule is Cc1cc2oc(=O)n(CC3CC3)c2cc1Br. The van der Waals surface area contributed by atoms with Gasteiger partial charge in [-0.05, 0) is 43.4 Å². The van der Waals surface area contributed by atoms with Crippen LogP contribution in [0.2, 0.25) is 0 Å². The van der Waals surface area contributed by atoms with E-state index in [9.17, 15) is 4.79 Å². The Morgan fingerprint density at radius 2 is 2.25 bits per heavy atom. The molecule has 16 heavy (non-hydrogen) atoms. The molecule has 1 aromatic carbocycles. The van der Waals surface area contributed by atoms with Crippen LogP contribution in [0.1, 0.15) is 18.4 Å².